The average Bonchev–Trinajstić information content (AvgIpc) is 3.07. The first-order valence-electron chi connectivity index (χ1n) is 6.01. The minimum absolute atomic E-state index is 0.0546. The lowest BCUT2D eigenvalue weighted by atomic mass is 9.87. The van der Waals surface area contributed by atoms with Crippen molar-refractivity contribution in [3.63, 3.8) is 0 Å². The maximum absolute atomic E-state index is 10.9. The number of aromatic hydroxyl groups is 1. The van der Waals surface area contributed by atoms with Crippen LogP contribution in [0.1, 0.15) is 41.9 Å². The SMILES string of the molecule is Cc1ccc(C(CC(=O)O)C2CC2)c(C)c1O. The third kappa shape index (κ3) is 2.43. The smallest absolute Gasteiger partial charge is 0.303 e. The van der Waals surface area contributed by atoms with Crippen LogP contribution in [-0.2, 0) is 4.79 Å². The average molecular weight is 234 g/mol. The van der Waals surface area contributed by atoms with Crippen LogP contribution in [0, 0.1) is 19.8 Å². The Labute approximate surface area is 101 Å². The lowest BCUT2D eigenvalue weighted by Gasteiger charge is -2.18. The molecule has 0 bridgehead atoms. The second kappa shape index (κ2) is 4.40. The van der Waals surface area contributed by atoms with Gasteiger partial charge in [0.1, 0.15) is 5.75 Å². The van der Waals surface area contributed by atoms with Crippen LogP contribution in [0.15, 0.2) is 12.1 Å². The number of aryl methyl sites for hydroxylation is 1. The molecule has 1 saturated carbocycles. The van der Waals surface area contributed by atoms with Gasteiger partial charge in [-0.25, -0.2) is 0 Å². The summed E-state index contributed by atoms with van der Waals surface area (Å²) >= 11 is 0. The molecular formula is C14H18O3. The fourth-order valence-corrected chi connectivity index (χ4v) is 2.47. The number of phenols is 1. The Bertz CT molecular complexity index is 447. The van der Waals surface area contributed by atoms with Crippen molar-refractivity contribution in [2.75, 3.05) is 0 Å². The molecule has 0 spiro atoms. The van der Waals surface area contributed by atoms with Crippen LogP contribution in [0.3, 0.4) is 0 Å². The van der Waals surface area contributed by atoms with Crippen molar-refractivity contribution in [3.05, 3.63) is 28.8 Å². The van der Waals surface area contributed by atoms with Gasteiger partial charge in [-0.2, -0.15) is 0 Å². The Morgan fingerprint density at radius 2 is 2.06 bits per heavy atom. The summed E-state index contributed by atoms with van der Waals surface area (Å²) in [5.74, 6) is 0.0748. The number of carboxylic acids is 1. The molecular weight excluding hydrogens is 216 g/mol. The Balaban J connectivity index is 2.35. The first-order valence-corrected chi connectivity index (χ1v) is 6.01. The molecule has 3 heteroatoms. The van der Waals surface area contributed by atoms with E-state index in [-0.39, 0.29) is 12.3 Å². The third-order valence-electron chi connectivity index (χ3n) is 3.66. The third-order valence-corrected chi connectivity index (χ3v) is 3.66. The zero-order valence-corrected chi connectivity index (χ0v) is 10.2. The molecule has 0 amide bonds. The Kier molecular flexibility index (Phi) is 3.09. The van der Waals surface area contributed by atoms with Crippen LogP contribution in [0.4, 0.5) is 0 Å². The fraction of sp³-hybridized carbons (Fsp3) is 0.500. The van der Waals surface area contributed by atoms with Crippen LogP contribution in [-0.4, -0.2) is 16.2 Å². The van der Waals surface area contributed by atoms with Crippen LogP contribution >= 0.6 is 0 Å². The van der Waals surface area contributed by atoms with Crippen LogP contribution in [0.25, 0.3) is 0 Å². The molecule has 92 valence electrons. The summed E-state index contributed by atoms with van der Waals surface area (Å²) in [6, 6.07) is 3.84. The predicted molar refractivity (Wildman–Crippen MR) is 65.3 cm³/mol. The van der Waals surface area contributed by atoms with Crippen LogP contribution < -0.4 is 0 Å². The molecule has 1 aromatic carbocycles. The summed E-state index contributed by atoms with van der Waals surface area (Å²) in [6.45, 7) is 3.73. The number of hydrogen-bond donors (Lipinski definition) is 2. The summed E-state index contributed by atoms with van der Waals surface area (Å²) < 4.78 is 0. The molecule has 1 atom stereocenters. The van der Waals surface area contributed by atoms with Gasteiger partial charge in [-0.15, -0.1) is 0 Å². The number of hydrogen-bond acceptors (Lipinski definition) is 2. The van der Waals surface area contributed by atoms with Crippen molar-refractivity contribution in [1.29, 1.82) is 0 Å². The van der Waals surface area contributed by atoms with E-state index in [0.29, 0.717) is 11.7 Å². The van der Waals surface area contributed by atoms with Gasteiger partial charge in [0.05, 0.1) is 6.42 Å². The molecule has 1 aliphatic carbocycles. The van der Waals surface area contributed by atoms with Gasteiger partial charge in [-0.1, -0.05) is 12.1 Å². The van der Waals surface area contributed by atoms with Gasteiger partial charge in [0.15, 0.2) is 0 Å². The second-order valence-corrected chi connectivity index (χ2v) is 4.99. The van der Waals surface area contributed by atoms with E-state index in [9.17, 15) is 9.90 Å². The van der Waals surface area contributed by atoms with Crippen LogP contribution in [0.2, 0.25) is 0 Å². The Morgan fingerprint density at radius 3 is 2.59 bits per heavy atom. The molecule has 3 nitrogen and oxygen atoms in total. The Hall–Kier alpha value is -1.51. The van der Waals surface area contributed by atoms with Crippen molar-refractivity contribution in [2.24, 2.45) is 5.92 Å². The lowest BCUT2D eigenvalue weighted by molar-refractivity contribution is -0.137. The molecule has 0 heterocycles. The number of carbonyl (C=O) groups is 1. The molecule has 1 unspecified atom stereocenters. The van der Waals surface area contributed by atoms with E-state index in [2.05, 4.69) is 0 Å². The lowest BCUT2D eigenvalue weighted by Crippen LogP contribution is -2.10. The molecule has 1 aliphatic rings. The van der Waals surface area contributed by atoms with E-state index in [1.54, 1.807) is 0 Å². The van der Waals surface area contributed by atoms with Crippen molar-refractivity contribution in [3.8, 4) is 5.75 Å². The van der Waals surface area contributed by atoms with E-state index in [0.717, 1.165) is 29.5 Å². The van der Waals surface area contributed by atoms with Crippen molar-refractivity contribution in [2.45, 2.75) is 39.0 Å². The maximum atomic E-state index is 10.9. The number of benzene rings is 1. The Morgan fingerprint density at radius 1 is 1.41 bits per heavy atom. The first kappa shape index (κ1) is 12.0. The fourth-order valence-electron chi connectivity index (χ4n) is 2.47. The number of rotatable bonds is 4. The molecule has 17 heavy (non-hydrogen) atoms. The summed E-state index contributed by atoms with van der Waals surface area (Å²) in [5.41, 5.74) is 2.68. The molecule has 0 saturated heterocycles. The van der Waals surface area contributed by atoms with E-state index in [4.69, 9.17) is 5.11 Å². The highest BCUT2D eigenvalue weighted by Gasteiger charge is 2.34. The van der Waals surface area contributed by atoms with E-state index in [1.807, 2.05) is 26.0 Å². The highest BCUT2D eigenvalue weighted by molar-refractivity contribution is 5.68. The number of carboxylic acid groups (broad SMARTS) is 1. The standard InChI is InChI=1S/C14H18O3/c1-8-3-6-11(9(2)14(8)17)12(7-13(15)16)10-4-5-10/h3,6,10,12,17H,4-5,7H2,1-2H3,(H,15,16). The van der Waals surface area contributed by atoms with Gasteiger partial charge in [-0.05, 0) is 55.2 Å². The number of aliphatic carboxylic acids is 1. The molecule has 0 radical (unpaired) electrons. The van der Waals surface area contributed by atoms with Gasteiger partial charge in [-0.3, -0.25) is 4.79 Å². The first-order chi connectivity index (χ1) is 8.00. The monoisotopic (exact) mass is 234 g/mol. The second-order valence-electron chi connectivity index (χ2n) is 4.99. The zero-order chi connectivity index (χ0) is 12.6. The van der Waals surface area contributed by atoms with Gasteiger partial charge in [0.2, 0.25) is 0 Å². The highest BCUT2D eigenvalue weighted by atomic mass is 16.4. The normalized spacial score (nSPS) is 16.8. The van der Waals surface area contributed by atoms with Crippen LogP contribution in [0.5, 0.6) is 5.75 Å². The van der Waals surface area contributed by atoms with Gasteiger partial charge >= 0.3 is 5.97 Å². The predicted octanol–water partition coefficient (Wildman–Crippen LogP) is 2.98. The summed E-state index contributed by atoms with van der Waals surface area (Å²) in [7, 11) is 0. The summed E-state index contributed by atoms with van der Waals surface area (Å²) in [6.07, 6.45) is 2.37. The zero-order valence-electron chi connectivity index (χ0n) is 10.2. The minimum Gasteiger partial charge on any atom is -0.507 e. The van der Waals surface area contributed by atoms with Gasteiger partial charge in [0.25, 0.3) is 0 Å². The summed E-state index contributed by atoms with van der Waals surface area (Å²) in [5, 5.41) is 18.9. The molecule has 0 aliphatic heterocycles. The highest BCUT2D eigenvalue weighted by Crippen LogP contribution is 2.46. The topological polar surface area (TPSA) is 57.5 Å². The van der Waals surface area contributed by atoms with Gasteiger partial charge in [0, 0.05) is 0 Å². The molecule has 2 rings (SSSR count). The molecule has 2 N–H and O–H groups in total. The molecule has 1 fully saturated rings. The minimum atomic E-state index is -0.763. The maximum Gasteiger partial charge on any atom is 0.303 e. The van der Waals surface area contributed by atoms with Crippen molar-refractivity contribution < 1.29 is 15.0 Å². The van der Waals surface area contributed by atoms with Crippen molar-refractivity contribution in [1.82, 2.24) is 0 Å². The number of phenolic OH excluding ortho intramolecular Hbond substituents is 1. The molecule has 0 aromatic heterocycles. The van der Waals surface area contributed by atoms with E-state index < -0.39 is 5.97 Å². The van der Waals surface area contributed by atoms with E-state index in [1.165, 1.54) is 0 Å². The van der Waals surface area contributed by atoms with E-state index >= 15 is 0 Å². The van der Waals surface area contributed by atoms with Gasteiger partial charge < -0.3 is 10.2 Å². The summed E-state index contributed by atoms with van der Waals surface area (Å²) in [4.78, 5) is 10.9. The van der Waals surface area contributed by atoms with Crippen molar-refractivity contribution >= 4 is 5.97 Å². The quantitative estimate of drug-likeness (QED) is 0.842. The molecule has 1 aromatic rings. The largest absolute Gasteiger partial charge is 0.507 e.